The second kappa shape index (κ2) is 7.76. The quantitative estimate of drug-likeness (QED) is 0.597. The molecule has 0 spiro atoms. The van der Waals surface area contributed by atoms with Gasteiger partial charge in [-0.05, 0) is 33.1 Å². The predicted octanol–water partition coefficient (Wildman–Crippen LogP) is 1.91. The minimum Gasteiger partial charge on any atom is -0.378 e. The maximum atomic E-state index is 11.8. The number of carbonyl (C=O) groups is 1. The van der Waals surface area contributed by atoms with Gasteiger partial charge in [-0.25, -0.2) is 0 Å². The van der Waals surface area contributed by atoms with Crippen molar-refractivity contribution in [2.24, 2.45) is 0 Å². The Morgan fingerprint density at radius 1 is 1.38 bits per heavy atom. The summed E-state index contributed by atoms with van der Waals surface area (Å²) >= 11 is 0. The van der Waals surface area contributed by atoms with Crippen LogP contribution in [-0.2, 0) is 19.0 Å². The van der Waals surface area contributed by atoms with Crippen LogP contribution in [0.15, 0.2) is 0 Å². The summed E-state index contributed by atoms with van der Waals surface area (Å²) < 4.78 is 16.0. The van der Waals surface area contributed by atoms with Crippen LogP contribution in [0, 0.1) is 0 Å². The molecule has 0 N–H and O–H groups in total. The van der Waals surface area contributed by atoms with Crippen molar-refractivity contribution in [2.45, 2.75) is 51.9 Å². The normalized spacial score (nSPS) is 20.6. The molecule has 1 aliphatic rings. The molecule has 1 rings (SSSR count). The lowest BCUT2D eigenvalue weighted by Crippen LogP contribution is -2.28. The Bertz CT molecular complexity index is 193. The molecular formula is C12H22O4. The first-order chi connectivity index (χ1) is 7.77. The first kappa shape index (κ1) is 13.6. The smallest absolute Gasteiger partial charge is 0.217 e. The van der Waals surface area contributed by atoms with Crippen LogP contribution in [0.5, 0.6) is 0 Å². The van der Waals surface area contributed by atoms with E-state index in [1.807, 2.05) is 13.8 Å². The zero-order valence-electron chi connectivity index (χ0n) is 10.2. The zero-order chi connectivity index (χ0) is 11.8. The maximum absolute atomic E-state index is 11.8. The molecule has 0 saturated carbocycles. The molecule has 1 fully saturated rings. The van der Waals surface area contributed by atoms with Gasteiger partial charge in [0.05, 0.1) is 6.10 Å². The van der Waals surface area contributed by atoms with Crippen LogP contribution in [0.25, 0.3) is 0 Å². The molecule has 0 bridgehead atoms. The molecule has 4 heteroatoms. The van der Waals surface area contributed by atoms with Crippen LogP contribution in [0.1, 0.15) is 39.5 Å². The Labute approximate surface area is 97.2 Å². The number of ketones is 1. The third kappa shape index (κ3) is 4.60. The Morgan fingerprint density at radius 2 is 2.06 bits per heavy atom. The second-order valence-electron chi connectivity index (χ2n) is 3.88. The number of Topliss-reactive ketones (excluding diaryl/α,β-unsaturated/α-hetero) is 1. The SMILES string of the molecule is CCOC(OCC)C(=O)CCC1CCCO1. The Hall–Kier alpha value is -0.450. The molecule has 0 aliphatic carbocycles. The van der Waals surface area contributed by atoms with E-state index in [2.05, 4.69) is 0 Å². The molecule has 0 aromatic rings. The Morgan fingerprint density at radius 3 is 2.56 bits per heavy atom. The molecule has 0 aromatic heterocycles. The first-order valence-electron chi connectivity index (χ1n) is 6.15. The van der Waals surface area contributed by atoms with Gasteiger partial charge in [0.15, 0.2) is 5.78 Å². The van der Waals surface area contributed by atoms with Gasteiger partial charge in [-0.15, -0.1) is 0 Å². The van der Waals surface area contributed by atoms with Gasteiger partial charge in [-0.3, -0.25) is 4.79 Å². The number of ether oxygens (including phenoxy) is 3. The largest absolute Gasteiger partial charge is 0.378 e. The molecule has 0 amide bonds. The molecule has 0 radical (unpaired) electrons. The average Bonchev–Trinajstić information content (AvgIpc) is 2.78. The summed E-state index contributed by atoms with van der Waals surface area (Å²) in [5.74, 6) is 0.0270. The van der Waals surface area contributed by atoms with Crippen LogP contribution in [-0.4, -0.2) is 38.0 Å². The molecular weight excluding hydrogens is 208 g/mol. The van der Waals surface area contributed by atoms with Gasteiger partial charge in [-0.1, -0.05) is 0 Å². The number of rotatable bonds is 8. The van der Waals surface area contributed by atoms with Crippen molar-refractivity contribution in [1.29, 1.82) is 0 Å². The molecule has 4 nitrogen and oxygen atoms in total. The number of hydrogen-bond donors (Lipinski definition) is 0. The van der Waals surface area contributed by atoms with Crippen LogP contribution in [0.2, 0.25) is 0 Å². The van der Waals surface area contributed by atoms with Gasteiger partial charge in [0, 0.05) is 26.2 Å². The van der Waals surface area contributed by atoms with E-state index < -0.39 is 6.29 Å². The highest BCUT2D eigenvalue weighted by Gasteiger charge is 2.22. The van der Waals surface area contributed by atoms with Gasteiger partial charge in [0.2, 0.25) is 6.29 Å². The van der Waals surface area contributed by atoms with Crippen molar-refractivity contribution in [2.75, 3.05) is 19.8 Å². The minimum absolute atomic E-state index is 0.0270. The van der Waals surface area contributed by atoms with Crippen molar-refractivity contribution >= 4 is 5.78 Å². The predicted molar refractivity (Wildman–Crippen MR) is 60.3 cm³/mol. The van der Waals surface area contributed by atoms with Crippen molar-refractivity contribution in [1.82, 2.24) is 0 Å². The third-order valence-corrected chi connectivity index (χ3v) is 2.64. The van der Waals surface area contributed by atoms with E-state index in [1.165, 1.54) is 0 Å². The number of carbonyl (C=O) groups excluding carboxylic acids is 1. The zero-order valence-corrected chi connectivity index (χ0v) is 10.2. The molecule has 1 saturated heterocycles. The number of hydrogen-bond acceptors (Lipinski definition) is 4. The second-order valence-corrected chi connectivity index (χ2v) is 3.88. The van der Waals surface area contributed by atoms with Crippen LogP contribution in [0.3, 0.4) is 0 Å². The van der Waals surface area contributed by atoms with Crippen molar-refractivity contribution in [3.05, 3.63) is 0 Å². The fourth-order valence-electron chi connectivity index (χ4n) is 1.83. The van der Waals surface area contributed by atoms with Gasteiger partial charge in [0.1, 0.15) is 0 Å². The summed E-state index contributed by atoms with van der Waals surface area (Å²) in [5, 5.41) is 0. The summed E-state index contributed by atoms with van der Waals surface area (Å²) in [6, 6.07) is 0. The Kier molecular flexibility index (Phi) is 6.61. The Balaban J connectivity index is 2.24. The monoisotopic (exact) mass is 230 g/mol. The molecule has 1 heterocycles. The van der Waals surface area contributed by atoms with E-state index in [1.54, 1.807) is 0 Å². The lowest BCUT2D eigenvalue weighted by Gasteiger charge is -2.16. The highest BCUT2D eigenvalue weighted by Crippen LogP contribution is 2.17. The lowest BCUT2D eigenvalue weighted by atomic mass is 10.1. The van der Waals surface area contributed by atoms with Gasteiger partial charge < -0.3 is 14.2 Å². The third-order valence-electron chi connectivity index (χ3n) is 2.64. The summed E-state index contributed by atoms with van der Waals surface area (Å²) in [4.78, 5) is 11.8. The van der Waals surface area contributed by atoms with Crippen LogP contribution < -0.4 is 0 Å². The maximum Gasteiger partial charge on any atom is 0.217 e. The topological polar surface area (TPSA) is 44.8 Å². The minimum atomic E-state index is -0.684. The molecule has 0 aromatic carbocycles. The van der Waals surface area contributed by atoms with Gasteiger partial charge >= 0.3 is 0 Å². The van der Waals surface area contributed by atoms with E-state index in [9.17, 15) is 4.79 Å². The highest BCUT2D eigenvalue weighted by molar-refractivity contribution is 5.81. The molecule has 1 atom stereocenters. The first-order valence-corrected chi connectivity index (χ1v) is 6.15. The van der Waals surface area contributed by atoms with E-state index >= 15 is 0 Å². The molecule has 1 unspecified atom stereocenters. The fraction of sp³-hybridized carbons (Fsp3) is 0.917. The molecule has 16 heavy (non-hydrogen) atoms. The highest BCUT2D eigenvalue weighted by atomic mass is 16.7. The van der Waals surface area contributed by atoms with E-state index in [0.29, 0.717) is 19.6 Å². The van der Waals surface area contributed by atoms with Gasteiger partial charge in [-0.2, -0.15) is 0 Å². The van der Waals surface area contributed by atoms with Gasteiger partial charge in [0.25, 0.3) is 0 Å². The van der Waals surface area contributed by atoms with E-state index in [-0.39, 0.29) is 11.9 Å². The summed E-state index contributed by atoms with van der Waals surface area (Å²) in [5.41, 5.74) is 0. The summed E-state index contributed by atoms with van der Waals surface area (Å²) in [6.07, 6.45) is 3.02. The van der Waals surface area contributed by atoms with E-state index in [4.69, 9.17) is 14.2 Å². The average molecular weight is 230 g/mol. The summed E-state index contributed by atoms with van der Waals surface area (Å²) in [7, 11) is 0. The molecule has 94 valence electrons. The van der Waals surface area contributed by atoms with Crippen molar-refractivity contribution in [3.8, 4) is 0 Å². The van der Waals surface area contributed by atoms with Crippen molar-refractivity contribution < 1.29 is 19.0 Å². The van der Waals surface area contributed by atoms with Crippen LogP contribution >= 0.6 is 0 Å². The van der Waals surface area contributed by atoms with Crippen LogP contribution in [0.4, 0.5) is 0 Å². The lowest BCUT2D eigenvalue weighted by molar-refractivity contribution is -0.168. The van der Waals surface area contributed by atoms with Crippen molar-refractivity contribution in [3.63, 3.8) is 0 Å². The standard InChI is InChI=1S/C12H22O4/c1-3-14-12(15-4-2)11(13)8-7-10-6-5-9-16-10/h10,12H,3-9H2,1-2H3. The van der Waals surface area contributed by atoms with E-state index in [0.717, 1.165) is 25.9 Å². The summed E-state index contributed by atoms with van der Waals surface area (Å²) in [6.45, 7) is 5.55. The fourth-order valence-corrected chi connectivity index (χ4v) is 1.83. The molecule has 1 aliphatic heterocycles.